The van der Waals surface area contributed by atoms with E-state index in [0.29, 0.717) is 5.75 Å². The van der Waals surface area contributed by atoms with Crippen LogP contribution in [0.25, 0.3) is 0 Å². The number of hydrogen-bond acceptors (Lipinski definition) is 3. The SMILES string of the molecule is CCc1nc(Oc2ccccc2)c(F)c(F)c1C(N)=O. The number of aryl methyl sites for hydroxylation is 1. The topological polar surface area (TPSA) is 65.2 Å². The molecule has 2 aromatic rings. The average Bonchev–Trinajstić information content (AvgIpc) is 2.44. The first-order valence-electron chi connectivity index (χ1n) is 5.95. The number of nitrogens with zero attached hydrogens (tertiary/aromatic N) is 1. The lowest BCUT2D eigenvalue weighted by molar-refractivity contribution is 0.0993. The Morgan fingerprint density at radius 2 is 1.90 bits per heavy atom. The molecule has 1 aromatic heterocycles. The van der Waals surface area contributed by atoms with Crippen molar-refractivity contribution in [1.29, 1.82) is 0 Å². The van der Waals surface area contributed by atoms with Gasteiger partial charge in [0.05, 0.1) is 11.3 Å². The number of amides is 1. The van der Waals surface area contributed by atoms with Gasteiger partial charge >= 0.3 is 0 Å². The van der Waals surface area contributed by atoms with E-state index in [0.717, 1.165) is 0 Å². The Balaban J connectivity index is 2.50. The lowest BCUT2D eigenvalue weighted by Crippen LogP contribution is -2.18. The first kappa shape index (κ1) is 13.9. The summed E-state index contributed by atoms with van der Waals surface area (Å²) in [5.41, 5.74) is 4.56. The predicted octanol–water partition coefficient (Wildman–Crippen LogP) is 2.81. The molecule has 0 unspecified atom stereocenters. The van der Waals surface area contributed by atoms with E-state index in [9.17, 15) is 13.6 Å². The van der Waals surface area contributed by atoms with Crippen LogP contribution >= 0.6 is 0 Å². The number of halogens is 2. The number of carbonyl (C=O) groups is 1. The molecule has 0 fully saturated rings. The van der Waals surface area contributed by atoms with Gasteiger partial charge in [-0.2, -0.15) is 4.39 Å². The van der Waals surface area contributed by atoms with E-state index in [4.69, 9.17) is 10.5 Å². The maximum absolute atomic E-state index is 13.9. The Morgan fingerprint density at radius 3 is 2.45 bits per heavy atom. The summed E-state index contributed by atoms with van der Waals surface area (Å²) >= 11 is 0. The lowest BCUT2D eigenvalue weighted by Gasteiger charge is -2.11. The quantitative estimate of drug-likeness (QED) is 0.935. The van der Waals surface area contributed by atoms with Crippen molar-refractivity contribution in [2.45, 2.75) is 13.3 Å². The van der Waals surface area contributed by atoms with E-state index < -0.39 is 29.0 Å². The summed E-state index contributed by atoms with van der Waals surface area (Å²) in [6.45, 7) is 1.65. The molecule has 1 heterocycles. The molecule has 0 aliphatic heterocycles. The van der Waals surface area contributed by atoms with Gasteiger partial charge in [-0.1, -0.05) is 25.1 Å². The highest BCUT2D eigenvalue weighted by Gasteiger charge is 2.24. The molecule has 0 bridgehead atoms. The van der Waals surface area contributed by atoms with Gasteiger partial charge in [0.15, 0.2) is 5.82 Å². The number of aromatic nitrogens is 1. The molecular weight excluding hydrogens is 266 g/mol. The van der Waals surface area contributed by atoms with Crippen molar-refractivity contribution < 1.29 is 18.3 Å². The Labute approximate surface area is 114 Å². The van der Waals surface area contributed by atoms with Crippen LogP contribution in [-0.2, 0) is 6.42 Å². The highest BCUT2D eigenvalue weighted by Crippen LogP contribution is 2.27. The molecule has 1 amide bonds. The van der Waals surface area contributed by atoms with Gasteiger partial charge in [0.1, 0.15) is 5.75 Å². The van der Waals surface area contributed by atoms with E-state index in [1.54, 1.807) is 37.3 Å². The molecule has 0 saturated carbocycles. The Bertz CT molecular complexity index is 645. The minimum absolute atomic E-state index is 0.0577. The maximum Gasteiger partial charge on any atom is 0.259 e. The summed E-state index contributed by atoms with van der Waals surface area (Å²) in [6, 6.07) is 8.27. The van der Waals surface area contributed by atoms with Gasteiger partial charge in [-0.05, 0) is 18.6 Å². The number of pyridine rings is 1. The van der Waals surface area contributed by atoms with Crippen LogP contribution in [0.2, 0.25) is 0 Å². The molecule has 1 aromatic carbocycles. The summed E-state index contributed by atoms with van der Waals surface area (Å²) in [5.74, 6) is -3.94. The van der Waals surface area contributed by atoms with Crippen LogP contribution in [0.4, 0.5) is 8.78 Å². The van der Waals surface area contributed by atoms with Crippen LogP contribution in [0.1, 0.15) is 23.0 Å². The summed E-state index contributed by atoms with van der Waals surface area (Å²) in [5, 5.41) is 0. The number of carbonyl (C=O) groups excluding carboxylic acids is 1. The highest BCUT2D eigenvalue weighted by atomic mass is 19.2. The second-order valence-corrected chi connectivity index (χ2v) is 4.00. The molecule has 6 heteroatoms. The van der Waals surface area contributed by atoms with E-state index in [-0.39, 0.29) is 12.1 Å². The third kappa shape index (κ3) is 2.59. The zero-order valence-electron chi connectivity index (χ0n) is 10.7. The van der Waals surface area contributed by atoms with Gasteiger partial charge in [0.25, 0.3) is 11.8 Å². The maximum atomic E-state index is 13.9. The molecule has 0 aliphatic rings. The molecule has 0 radical (unpaired) electrons. The fourth-order valence-electron chi connectivity index (χ4n) is 1.73. The minimum atomic E-state index is -1.34. The number of nitrogens with two attached hydrogens (primary N) is 1. The Morgan fingerprint density at radius 1 is 1.25 bits per heavy atom. The summed E-state index contributed by atoms with van der Waals surface area (Å²) in [6.07, 6.45) is 0.223. The predicted molar refractivity (Wildman–Crippen MR) is 68.6 cm³/mol. The van der Waals surface area contributed by atoms with E-state index in [1.165, 1.54) is 0 Å². The van der Waals surface area contributed by atoms with Crippen molar-refractivity contribution in [3.63, 3.8) is 0 Å². The number of benzene rings is 1. The molecule has 0 atom stereocenters. The van der Waals surface area contributed by atoms with Crippen molar-refractivity contribution in [2.24, 2.45) is 5.73 Å². The van der Waals surface area contributed by atoms with Crippen LogP contribution in [0, 0.1) is 11.6 Å². The molecule has 104 valence electrons. The second kappa shape index (κ2) is 5.64. The third-order valence-electron chi connectivity index (χ3n) is 2.66. The average molecular weight is 278 g/mol. The second-order valence-electron chi connectivity index (χ2n) is 4.00. The van der Waals surface area contributed by atoms with Gasteiger partial charge < -0.3 is 10.5 Å². The van der Waals surface area contributed by atoms with Crippen LogP contribution in [0.5, 0.6) is 11.6 Å². The highest BCUT2D eigenvalue weighted by molar-refractivity contribution is 5.94. The Hall–Kier alpha value is -2.50. The minimum Gasteiger partial charge on any atom is -0.436 e. The van der Waals surface area contributed by atoms with E-state index >= 15 is 0 Å². The van der Waals surface area contributed by atoms with Crippen molar-refractivity contribution >= 4 is 5.91 Å². The fourth-order valence-corrected chi connectivity index (χ4v) is 1.73. The lowest BCUT2D eigenvalue weighted by atomic mass is 10.1. The first-order valence-corrected chi connectivity index (χ1v) is 5.95. The van der Waals surface area contributed by atoms with E-state index in [2.05, 4.69) is 4.98 Å². The number of rotatable bonds is 4. The number of hydrogen-bond donors (Lipinski definition) is 1. The van der Waals surface area contributed by atoms with Gasteiger partial charge in [-0.15, -0.1) is 0 Å². The van der Waals surface area contributed by atoms with E-state index in [1.807, 2.05) is 0 Å². The van der Waals surface area contributed by atoms with Crippen LogP contribution in [0.15, 0.2) is 30.3 Å². The molecule has 2 rings (SSSR count). The molecule has 2 N–H and O–H groups in total. The smallest absolute Gasteiger partial charge is 0.259 e. The molecule has 20 heavy (non-hydrogen) atoms. The zero-order valence-corrected chi connectivity index (χ0v) is 10.7. The van der Waals surface area contributed by atoms with Gasteiger partial charge in [0.2, 0.25) is 5.82 Å². The number of para-hydroxylation sites is 1. The Kier molecular flexibility index (Phi) is 3.93. The molecular formula is C14H12F2N2O2. The molecule has 0 aliphatic carbocycles. The van der Waals surface area contributed by atoms with Gasteiger partial charge in [-0.25, -0.2) is 9.37 Å². The standard InChI is InChI=1S/C14H12F2N2O2/c1-2-9-10(13(17)19)11(15)12(16)14(18-9)20-8-6-4-3-5-7-8/h3-7H,2H2,1H3,(H2,17,19). The summed E-state index contributed by atoms with van der Waals surface area (Å²) < 4.78 is 32.9. The van der Waals surface area contributed by atoms with Crippen molar-refractivity contribution in [1.82, 2.24) is 4.98 Å². The molecule has 0 saturated heterocycles. The largest absolute Gasteiger partial charge is 0.436 e. The van der Waals surface area contributed by atoms with Gasteiger partial charge in [0, 0.05) is 0 Å². The fraction of sp³-hybridized carbons (Fsp3) is 0.143. The number of primary amides is 1. The van der Waals surface area contributed by atoms with Crippen LogP contribution in [0.3, 0.4) is 0 Å². The summed E-state index contributed by atoms with van der Waals surface area (Å²) in [7, 11) is 0. The van der Waals surface area contributed by atoms with Crippen molar-refractivity contribution in [3.8, 4) is 11.6 Å². The normalized spacial score (nSPS) is 10.3. The number of ether oxygens (including phenoxy) is 1. The van der Waals surface area contributed by atoms with Crippen molar-refractivity contribution in [3.05, 3.63) is 53.2 Å². The first-order chi connectivity index (χ1) is 9.54. The van der Waals surface area contributed by atoms with Crippen molar-refractivity contribution in [2.75, 3.05) is 0 Å². The summed E-state index contributed by atoms with van der Waals surface area (Å²) in [4.78, 5) is 15.0. The van der Waals surface area contributed by atoms with Gasteiger partial charge in [-0.3, -0.25) is 4.79 Å². The van der Waals surface area contributed by atoms with Crippen LogP contribution in [-0.4, -0.2) is 10.9 Å². The molecule has 4 nitrogen and oxygen atoms in total. The zero-order chi connectivity index (χ0) is 14.7. The monoisotopic (exact) mass is 278 g/mol. The third-order valence-corrected chi connectivity index (χ3v) is 2.66. The van der Waals surface area contributed by atoms with Crippen LogP contribution < -0.4 is 10.5 Å². The molecule has 0 spiro atoms.